The fraction of sp³-hybridized carbons (Fsp3) is 0.364. The number of aryl methyl sites for hydroxylation is 1. The van der Waals surface area contributed by atoms with E-state index in [0.717, 1.165) is 16.8 Å². The minimum atomic E-state index is -1.04. The monoisotopic (exact) mass is 408 g/mol. The molecular formula is C22H24N4O2S. The number of fused-ring (bicyclic) bond motifs is 1. The van der Waals surface area contributed by atoms with Gasteiger partial charge in [-0.1, -0.05) is 23.9 Å². The number of para-hydroxylation sites is 2. The van der Waals surface area contributed by atoms with E-state index in [1.807, 2.05) is 39.0 Å². The Hall–Kier alpha value is -2.85. The Balaban J connectivity index is 1.99. The SMILES string of the molecule is Cc1nc(S[C@@H](C)C(=O)N2c3ccccc3NC(=O)C2(C)C)c(C#N)c(C)c1C. The summed E-state index contributed by atoms with van der Waals surface area (Å²) in [6.45, 7) is 11.0. The highest BCUT2D eigenvalue weighted by molar-refractivity contribution is 8.00. The van der Waals surface area contributed by atoms with Crippen LogP contribution in [0.4, 0.5) is 11.4 Å². The second-order valence-corrected chi connectivity index (χ2v) is 9.03. The van der Waals surface area contributed by atoms with E-state index in [1.165, 1.54) is 11.8 Å². The van der Waals surface area contributed by atoms with Gasteiger partial charge in [0, 0.05) is 5.69 Å². The number of nitriles is 1. The molecule has 1 aromatic heterocycles. The first-order chi connectivity index (χ1) is 13.6. The smallest absolute Gasteiger partial charge is 0.250 e. The fourth-order valence-corrected chi connectivity index (χ4v) is 4.42. The number of rotatable bonds is 3. The van der Waals surface area contributed by atoms with Crippen LogP contribution in [-0.2, 0) is 9.59 Å². The van der Waals surface area contributed by atoms with Gasteiger partial charge < -0.3 is 5.32 Å². The van der Waals surface area contributed by atoms with Crippen LogP contribution in [0.3, 0.4) is 0 Å². The van der Waals surface area contributed by atoms with Crippen molar-refractivity contribution in [2.45, 2.75) is 57.4 Å². The molecular weight excluding hydrogens is 384 g/mol. The third-order valence-corrected chi connectivity index (χ3v) is 6.51. The van der Waals surface area contributed by atoms with E-state index >= 15 is 0 Å². The van der Waals surface area contributed by atoms with Crippen LogP contribution in [-0.4, -0.2) is 27.6 Å². The van der Waals surface area contributed by atoms with Gasteiger partial charge in [0.2, 0.25) is 11.8 Å². The molecule has 29 heavy (non-hydrogen) atoms. The zero-order valence-electron chi connectivity index (χ0n) is 17.5. The van der Waals surface area contributed by atoms with Crippen LogP contribution in [0.25, 0.3) is 0 Å². The lowest BCUT2D eigenvalue weighted by Gasteiger charge is -2.43. The molecule has 0 saturated heterocycles. The highest BCUT2D eigenvalue weighted by Crippen LogP contribution is 2.39. The molecule has 1 aliphatic heterocycles. The van der Waals surface area contributed by atoms with Gasteiger partial charge in [0.15, 0.2) is 0 Å². The molecule has 2 amide bonds. The molecule has 1 atom stereocenters. The number of benzene rings is 1. The molecule has 0 bridgehead atoms. The van der Waals surface area contributed by atoms with Gasteiger partial charge in [-0.25, -0.2) is 4.98 Å². The molecule has 0 spiro atoms. The van der Waals surface area contributed by atoms with E-state index in [1.54, 1.807) is 31.7 Å². The van der Waals surface area contributed by atoms with Crippen LogP contribution in [0.15, 0.2) is 29.3 Å². The highest BCUT2D eigenvalue weighted by Gasteiger charge is 2.44. The maximum atomic E-state index is 13.5. The van der Waals surface area contributed by atoms with Gasteiger partial charge in [-0.3, -0.25) is 14.5 Å². The second kappa shape index (κ2) is 7.53. The van der Waals surface area contributed by atoms with E-state index < -0.39 is 10.8 Å². The van der Waals surface area contributed by atoms with Gasteiger partial charge in [-0.15, -0.1) is 0 Å². The van der Waals surface area contributed by atoms with Crippen LogP contribution in [0.2, 0.25) is 0 Å². The number of amides is 2. The van der Waals surface area contributed by atoms with Gasteiger partial charge in [0.25, 0.3) is 0 Å². The van der Waals surface area contributed by atoms with Crippen molar-refractivity contribution in [3.05, 3.63) is 46.6 Å². The van der Waals surface area contributed by atoms with Crippen molar-refractivity contribution in [2.75, 3.05) is 10.2 Å². The van der Waals surface area contributed by atoms with Gasteiger partial charge >= 0.3 is 0 Å². The first-order valence-corrected chi connectivity index (χ1v) is 10.3. The number of hydrogen-bond donors (Lipinski definition) is 1. The molecule has 6 nitrogen and oxygen atoms in total. The van der Waals surface area contributed by atoms with Crippen molar-refractivity contribution in [2.24, 2.45) is 0 Å². The van der Waals surface area contributed by atoms with Crippen molar-refractivity contribution in [1.29, 1.82) is 5.26 Å². The first-order valence-electron chi connectivity index (χ1n) is 9.38. The van der Waals surface area contributed by atoms with Crippen molar-refractivity contribution in [3.8, 4) is 6.07 Å². The first kappa shape index (κ1) is 20.9. The maximum Gasteiger partial charge on any atom is 0.250 e. The van der Waals surface area contributed by atoms with E-state index in [9.17, 15) is 14.9 Å². The summed E-state index contributed by atoms with van der Waals surface area (Å²) in [7, 11) is 0. The highest BCUT2D eigenvalue weighted by atomic mass is 32.2. The Morgan fingerprint density at radius 2 is 1.90 bits per heavy atom. The number of carbonyl (C=O) groups excluding carboxylic acids is 2. The lowest BCUT2D eigenvalue weighted by atomic mass is 9.96. The van der Waals surface area contributed by atoms with Crippen molar-refractivity contribution < 1.29 is 9.59 Å². The molecule has 0 radical (unpaired) electrons. The summed E-state index contributed by atoms with van der Waals surface area (Å²) in [5.41, 5.74) is 3.43. The molecule has 2 heterocycles. The van der Waals surface area contributed by atoms with Gasteiger partial charge in [0.1, 0.15) is 16.6 Å². The summed E-state index contributed by atoms with van der Waals surface area (Å²) >= 11 is 1.25. The number of anilines is 2. The molecule has 0 unspecified atom stereocenters. The molecule has 3 rings (SSSR count). The largest absolute Gasteiger partial charge is 0.322 e. The zero-order valence-corrected chi connectivity index (χ0v) is 18.3. The summed E-state index contributed by atoms with van der Waals surface area (Å²) in [5, 5.41) is 12.5. The van der Waals surface area contributed by atoms with Crippen LogP contribution in [0.5, 0.6) is 0 Å². The molecule has 0 aliphatic carbocycles. The molecule has 1 N–H and O–H groups in total. The molecule has 2 aromatic rings. The number of thioether (sulfide) groups is 1. The van der Waals surface area contributed by atoms with E-state index in [2.05, 4.69) is 16.4 Å². The van der Waals surface area contributed by atoms with E-state index in [4.69, 9.17) is 0 Å². The minimum Gasteiger partial charge on any atom is -0.322 e. The molecule has 0 fully saturated rings. The number of hydrogen-bond acceptors (Lipinski definition) is 5. The number of aromatic nitrogens is 1. The van der Waals surface area contributed by atoms with Crippen LogP contribution < -0.4 is 10.2 Å². The second-order valence-electron chi connectivity index (χ2n) is 7.70. The summed E-state index contributed by atoms with van der Waals surface area (Å²) in [6, 6.07) is 9.49. The van der Waals surface area contributed by atoms with E-state index in [-0.39, 0.29) is 11.8 Å². The Morgan fingerprint density at radius 1 is 1.24 bits per heavy atom. The summed E-state index contributed by atoms with van der Waals surface area (Å²) in [4.78, 5) is 32.2. The summed E-state index contributed by atoms with van der Waals surface area (Å²) in [5.74, 6) is -0.441. The Kier molecular flexibility index (Phi) is 5.42. The Bertz CT molecular complexity index is 1060. The van der Waals surface area contributed by atoms with Crippen molar-refractivity contribution >= 4 is 35.0 Å². The molecule has 1 aliphatic rings. The van der Waals surface area contributed by atoms with Crippen LogP contribution >= 0.6 is 11.8 Å². The van der Waals surface area contributed by atoms with Crippen LogP contribution in [0, 0.1) is 32.1 Å². The molecule has 7 heteroatoms. The third-order valence-electron chi connectivity index (χ3n) is 5.44. The summed E-state index contributed by atoms with van der Waals surface area (Å²) < 4.78 is 0. The minimum absolute atomic E-state index is 0.205. The predicted molar refractivity (Wildman–Crippen MR) is 115 cm³/mol. The normalized spacial score (nSPS) is 15.9. The summed E-state index contributed by atoms with van der Waals surface area (Å²) in [6.07, 6.45) is 0. The topological polar surface area (TPSA) is 86.1 Å². The molecule has 1 aromatic carbocycles. The van der Waals surface area contributed by atoms with Gasteiger partial charge in [0.05, 0.1) is 22.2 Å². The Morgan fingerprint density at radius 3 is 2.55 bits per heavy atom. The lowest BCUT2D eigenvalue weighted by molar-refractivity contribution is -0.126. The van der Waals surface area contributed by atoms with E-state index in [0.29, 0.717) is 22.0 Å². The number of carbonyl (C=O) groups is 2. The predicted octanol–water partition coefficient (Wildman–Crippen LogP) is 4.12. The third kappa shape index (κ3) is 3.49. The average molecular weight is 409 g/mol. The standard InChI is InChI=1S/C22H24N4O2S/c1-12-13(2)16(11-23)19(24-14(12)3)29-15(4)20(27)26-18-10-8-7-9-17(18)25-21(28)22(26,5)6/h7-10,15H,1-6H3,(H,25,28)/t15-/m0/s1. The molecule has 150 valence electrons. The Labute approximate surface area is 175 Å². The lowest BCUT2D eigenvalue weighted by Crippen LogP contribution is -2.60. The molecule has 0 saturated carbocycles. The number of pyridine rings is 1. The maximum absolute atomic E-state index is 13.5. The van der Waals surface area contributed by atoms with Crippen molar-refractivity contribution in [3.63, 3.8) is 0 Å². The number of nitrogens with zero attached hydrogens (tertiary/aromatic N) is 3. The van der Waals surface area contributed by atoms with Crippen LogP contribution in [0.1, 0.15) is 43.2 Å². The quantitative estimate of drug-likeness (QED) is 0.772. The number of nitrogens with one attached hydrogen (secondary N) is 1. The van der Waals surface area contributed by atoms with Gasteiger partial charge in [-0.2, -0.15) is 5.26 Å². The zero-order chi connectivity index (χ0) is 21.5. The fourth-order valence-electron chi connectivity index (χ4n) is 3.37. The van der Waals surface area contributed by atoms with Gasteiger partial charge in [-0.05, 0) is 64.8 Å². The van der Waals surface area contributed by atoms with Crippen molar-refractivity contribution in [1.82, 2.24) is 4.98 Å². The average Bonchev–Trinajstić information content (AvgIpc) is 2.67.